The molecule has 2 aromatic rings. The van der Waals surface area contributed by atoms with E-state index in [1.807, 2.05) is 11.0 Å². The molecule has 8 nitrogen and oxygen atoms in total. The number of nitrogens with zero attached hydrogens (tertiary/aromatic N) is 4. The van der Waals surface area contributed by atoms with Crippen molar-refractivity contribution >= 4 is 28.8 Å². The Morgan fingerprint density at radius 3 is 2.94 bits per heavy atom. The molecule has 5 rings (SSSR count). The predicted octanol–water partition coefficient (Wildman–Crippen LogP) is 3.30. The van der Waals surface area contributed by atoms with Crippen LogP contribution in [0.25, 0.3) is 17.1 Å². The Labute approximate surface area is 212 Å². The van der Waals surface area contributed by atoms with E-state index >= 15 is 0 Å². The summed E-state index contributed by atoms with van der Waals surface area (Å²) < 4.78 is 16.0. The van der Waals surface area contributed by atoms with Crippen molar-refractivity contribution < 1.29 is 4.39 Å². The normalized spacial score (nSPS) is 22.4. The maximum Gasteiger partial charge on any atom is 0.279 e. The van der Waals surface area contributed by atoms with E-state index in [-0.39, 0.29) is 22.1 Å². The van der Waals surface area contributed by atoms with Gasteiger partial charge in [-0.15, -0.1) is 0 Å². The highest BCUT2D eigenvalue weighted by Gasteiger charge is 2.34. The van der Waals surface area contributed by atoms with Crippen molar-refractivity contribution in [3.05, 3.63) is 75.0 Å². The Morgan fingerprint density at radius 1 is 1.36 bits per heavy atom. The Morgan fingerprint density at radius 2 is 2.19 bits per heavy atom. The van der Waals surface area contributed by atoms with Gasteiger partial charge in [-0.3, -0.25) is 9.36 Å². The molecule has 184 valence electrons. The summed E-state index contributed by atoms with van der Waals surface area (Å²) in [7, 11) is 1.72. The number of anilines is 1. The quantitative estimate of drug-likeness (QED) is 0.588. The monoisotopic (exact) mass is 505 g/mol. The van der Waals surface area contributed by atoms with Gasteiger partial charge in [-0.05, 0) is 61.7 Å². The fraction of sp³-hybridized carbons (Fsp3) is 0.308. The maximum atomic E-state index is 14.7. The second-order valence-corrected chi connectivity index (χ2v) is 9.45. The van der Waals surface area contributed by atoms with E-state index in [0.717, 1.165) is 25.9 Å². The van der Waals surface area contributed by atoms with Gasteiger partial charge >= 0.3 is 0 Å². The zero-order chi connectivity index (χ0) is 25.4. The summed E-state index contributed by atoms with van der Waals surface area (Å²) in [6, 6.07) is 6.43. The van der Waals surface area contributed by atoms with Gasteiger partial charge in [0, 0.05) is 43.5 Å². The molecule has 1 aromatic carbocycles. The third-order valence-electron chi connectivity index (χ3n) is 6.91. The smallest absolute Gasteiger partial charge is 0.279 e. The summed E-state index contributed by atoms with van der Waals surface area (Å²) in [6.07, 6.45) is 8.51. The van der Waals surface area contributed by atoms with Crippen LogP contribution in [0.4, 0.5) is 10.2 Å². The van der Waals surface area contributed by atoms with Crippen molar-refractivity contribution in [1.82, 2.24) is 20.2 Å². The minimum Gasteiger partial charge on any atom is -0.393 e. The Hall–Kier alpha value is -3.74. The van der Waals surface area contributed by atoms with Crippen molar-refractivity contribution in [3.63, 3.8) is 0 Å². The number of fused-ring (bicyclic) bond motifs is 1. The van der Waals surface area contributed by atoms with E-state index in [9.17, 15) is 14.4 Å². The van der Waals surface area contributed by atoms with Crippen LogP contribution in [0.15, 0.2) is 53.0 Å². The molecular formula is C26H25ClFN7O. The summed E-state index contributed by atoms with van der Waals surface area (Å²) in [6.45, 7) is 2.39. The fourth-order valence-electron chi connectivity index (χ4n) is 5.08. The minimum absolute atomic E-state index is 0.00799. The molecule has 3 heterocycles. The molecule has 0 spiro atoms. The van der Waals surface area contributed by atoms with Crippen LogP contribution in [0.1, 0.15) is 18.4 Å². The summed E-state index contributed by atoms with van der Waals surface area (Å²) in [4.78, 5) is 20.6. The first-order valence-electron chi connectivity index (χ1n) is 11.8. The third-order valence-corrected chi connectivity index (χ3v) is 7.24. The lowest BCUT2D eigenvalue weighted by Gasteiger charge is -2.36. The molecule has 10 heteroatoms. The van der Waals surface area contributed by atoms with Gasteiger partial charge in [0.1, 0.15) is 22.7 Å². The van der Waals surface area contributed by atoms with E-state index in [1.54, 1.807) is 37.5 Å². The van der Waals surface area contributed by atoms with E-state index in [2.05, 4.69) is 10.6 Å². The van der Waals surface area contributed by atoms with Gasteiger partial charge in [0.15, 0.2) is 5.82 Å². The highest BCUT2D eigenvalue weighted by atomic mass is 35.5. The molecule has 36 heavy (non-hydrogen) atoms. The molecule has 2 atom stereocenters. The Kier molecular flexibility index (Phi) is 6.48. The molecule has 0 bridgehead atoms. The van der Waals surface area contributed by atoms with Crippen LogP contribution >= 0.6 is 11.6 Å². The standard InChI is InChI=1S/C26H25ClFN7O/c1-31-13-18-10-19(4-5-21(18)30)35-24(15-2-3-16(12-29)20(28)11-15)33-25(23(27)26(35)36)34-9-7-22-17(14-34)6-8-32-22/h2-5,10-11,13,17,22,30-32H,6-9,14H2,1H3/b18-13-,30-21?. The largest absolute Gasteiger partial charge is 0.393 e. The lowest BCUT2D eigenvalue weighted by Crippen LogP contribution is -2.45. The Bertz CT molecular complexity index is 1430. The first-order chi connectivity index (χ1) is 17.4. The molecule has 2 aliphatic heterocycles. The maximum absolute atomic E-state index is 14.7. The molecule has 3 N–H and O–H groups in total. The SMILES string of the molecule is CN/C=C1/C=C(n2c(-c3ccc(C#N)c(F)c3)nc(N3CCC4NCCC4C3)c(Cl)c2=O)C=CC1=N. The lowest BCUT2D eigenvalue weighted by atomic mass is 9.93. The van der Waals surface area contributed by atoms with Crippen LogP contribution in [0.5, 0.6) is 0 Å². The number of hydrogen-bond acceptors (Lipinski definition) is 7. The highest BCUT2D eigenvalue weighted by Crippen LogP contribution is 2.33. The topological polar surface area (TPSA) is 110 Å². The van der Waals surface area contributed by atoms with Crippen LogP contribution in [0.2, 0.25) is 5.02 Å². The second-order valence-electron chi connectivity index (χ2n) is 9.07. The number of rotatable bonds is 4. The first kappa shape index (κ1) is 24.0. The number of nitriles is 1. The molecule has 0 radical (unpaired) electrons. The van der Waals surface area contributed by atoms with Gasteiger partial charge in [0.05, 0.1) is 17.0 Å². The second kappa shape index (κ2) is 9.72. The molecular weight excluding hydrogens is 481 g/mol. The van der Waals surface area contributed by atoms with Crippen molar-refractivity contribution in [3.8, 4) is 17.5 Å². The number of aromatic nitrogens is 2. The zero-order valence-corrected chi connectivity index (χ0v) is 20.4. The highest BCUT2D eigenvalue weighted by molar-refractivity contribution is 6.32. The predicted molar refractivity (Wildman–Crippen MR) is 139 cm³/mol. The number of nitrogens with one attached hydrogen (secondary N) is 3. The summed E-state index contributed by atoms with van der Waals surface area (Å²) in [5.74, 6) is 0.333. The van der Waals surface area contributed by atoms with Crippen LogP contribution in [-0.4, -0.2) is 48.0 Å². The number of piperidine rings is 1. The van der Waals surface area contributed by atoms with Crippen molar-refractivity contribution in [1.29, 1.82) is 10.7 Å². The zero-order valence-electron chi connectivity index (χ0n) is 19.7. The van der Waals surface area contributed by atoms with Crippen LogP contribution in [0, 0.1) is 28.5 Å². The van der Waals surface area contributed by atoms with Gasteiger partial charge in [0.25, 0.3) is 5.56 Å². The van der Waals surface area contributed by atoms with E-state index in [1.165, 1.54) is 16.7 Å². The Balaban J connectivity index is 1.69. The number of benzene rings is 1. The van der Waals surface area contributed by atoms with Gasteiger partial charge in [-0.1, -0.05) is 11.6 Å². The molecule has 1 aromatic heterocycles. The van der Waals surface area contributed by atoms with Gasteiger partial charge < -0.3 is 20.9 Å². The molecule has 0 amide bonds. The molecule has 2 saturated heterocycles. The van der Waals surface area contributed by atoms with Crippen molar-refractivity contribution in [2.24, 2.45) is 5.92 Å². The third kappa shape index (κ3) is 4.23. The van der Waals surface area contributed by atoms with Crippen molar-refractivity contribution in [2.75, 3.05) is 31.6 Å². The number of halogens is 2. The van der Waals surface area contributed by atoms with Crippen LogP contribution < -0.4 is 21.1 Å². The molecule has 2 unspecified atom stereocenters. The van der Waals surface area contributed by atoms with E-state index in [4.69, 9.17) is 22.0 Å². The molecule has 0 saturated carbocycles. The summed E-state index contributed by atoms with van der Waals surface area (Å²) in [5.41, 5.74) is 1.04. The van der Waals surface area contributed by atoms with Crippen LogP contribution in [-0.2, 0) is 0 Å². The van der Waals surface area contributed by atoms with Gasteiger partial charge in [-0.2, -0.15) is 5.26 Å². The average Bonchev–Trinajstić information content (AvgIpc) is 3.35. The average molecular weight is 506 g/mol. The van der Waals surface area contributed by atoms with E-state index < -0.39 is 11.4 Å². The van der Waals surface area contributed by atoms with Gasteiger partial charge in [0.2, 0.25) is 0 Å². The van der Waals surface area contributed by atoms with Crippen LogP contribution in [0.3, 0.4) is 0 Å². The summed E-state index contributed by atoms with van der Waals surface area (Å²) in [5, 5.41) is 23.7. The minimum atomic E-state index is -0.698. The fourth-order valence-corrected chi connectivity index (χ4v) is 5.33. The van der Waals surface area contributed by atoms with E-state index in [0.29, 0.717) is 41.2 Å². The summed E-state index contributed by atoms with van der Waals surface area (Å²) >= 11 is 6.67. The molecule has 2 fully saturated rings. The van der Waals surface area contributed by atoms with Gasteiger partial charge in [-0.25, -0.2) is 9.37 Å². The first-order valence-corrected chi connectivity index (χ1v) is 12.2. The van der Waals surface area contributed by atoms with Crippen molar-refractivity contribution in [2.45, 2.75) is 18.9 Å². The molecule has 3 aliphatic rings. The lowest BCUT2D eigenvalue weighted by molar-refractivity contribution is 0.375. The number of allylic oxidation sites excluding steroid dienone is 5. The molecule has 1 aliphatic carbocycles. The number of hydrogen-bond donors (Lipinski definition) is 3.